The Morgan fingerprint density at radius 2 is 1.84 bits per heavy atom. The summed E-state index contributed by atoms with van der Waals surface area (Å²) in [6, 6.07) is 8.22. The second-order valence-electron chi connectivity index (χ2n) is 11.1. The van der Waals surface area contributed by atoms with Crippen LogP contribution in [0.15, 0.2) is 36.8 Å². The summed E-state index contributed by atoms with van der Waals surface area (Å²) in [5.41, 5.74) is 6.98. The molecule has 1 heterocycles. The number of rotatable bonds is 9. The van der Waals surface area contributed by atoms with Crippen LogP contribution in [0.1, 0.15) is 77.0 Å². The highest BCUT2D eigenvalue weighted by molar-refractivity contribution is 6.74. The molecule has 32 heavy (non-hydrogen) atoms. The predicted molar refractivity (Wildman–Crippen MR) is 133 cm³/mol. The molecular formula is C25H41N3O3Si. The largest absolute Gasteiger partial charge is 0.494 e. The molecule has 0 spiro atoms. The van der Waals surface area contributed by atoms with Gasteiger partial charge in [0.1, 0.15) is 11.4 Å². The summed E-state index contributed by atoms with van der Waals surface area (Å²) < 4.78 is 14.7. The highest BCUT2D eigenvalue weighted by Gasteiger charge is 2.40. The van der Waals surface area contributed by atoms with Gasteiger partial charge in [0.2, 0.25) is 0 Å². The summed E-state index contributed by atoms with van der Waals surface area (Å²) in [7, 11) is -1.98. The molecule has 0 saturated heterocycles. The second kappa shape index (κ2) is 9.79. The van der Waals surface area contributed by atoms with Crippen LogP contribution in [0.2, 0.25) is 18.1 Å². The lowest BCUT2D eigenvalue weighted by Crippen LogP contribution is -2.45. The van der Waals surface area contributed by atoms with E-state index in [9.17, 15) is 4.79 Å². The molecule has 2 rings (SSSR count). The molecule has 0 aliphatic heterocycles. The third-order valence-corrected chi connectivity index (χ3v) is 11.0. The van der Waals surface area contributed by atoms with Crippen LogP contribution in [0.25, 0.3) is 0 Å². The number of carbonyl (C=O) groups excluding carboxylic acids is 1. The minimum absolute atomic E-state index is 0.0319. The molecule has 1 aromatic heterocycles. The molecule has 7 heteroatoms. The van der Waals surface area contributed by atoms with Gasteiger partial charge in [-0.3, -0.25) is 4.79 Å². The van der Waals surface area contributed by atoms with E-state index in [-0.39, 0.29) is 28.3 Å². The number of hydrogen-bond donors (Lipinski definition) is 1. The van der Waals surface area contributed by atoms with Crippen LogP contribution < -0.4 is 10.5 Å². The molecule has 1 amide bonds. The predicted octanol–water partition coefficient (Wildman–Crippen LogP) is 5.70. The number of primary amides is 1. The molecule has 0 bridgehead atoms. The van der Waals surface area contributed by atoms with E-state index in [1.165, 1.54) is 5.56 Å². The second-order valence-corrected chi connectivity index (χ2v) is 15.9. The lowest BCUT2D eigenvalue weighted by Gasteiger charge is -2.40. The number of amides is 1. The van der Waals surface area contributed by atoms with Gasteiger partial charge in [-0.15, -0.1) is 0 Å². The number of nitrogens with two attached hydrogens (primary N) is 1. The zero-order chi connectivity index (χ0) is 24.3. The van der Waals surface area contributed by atoms with Gasteiger partial charge in [0, 0.05) is 12.6 Å². The first-order valence-corrected chi connectivity index (χ1v) is 14.3. The molecule has 2 atom stereocenters. The summed E-state index contributed by atoms with van der Waals surface area (Å²) in [5, 5.41) is 0.100. The maximum absolute atomic E-state index is 11.6. The monoisotopic (exact) mass is 459 g/mol. The molecule has 6 nitrogen and oxygen atoms in total. The summed E-state index contributed by atoms with van der Waals surface area (Å²) in [6.45, 7) is 20.4. The Labute approximate surface area is 194 Å². The molecule has 1 aromatic carbocycles. The van der Waals surface area contributed by atoms with Crippen molar-refractivity contribution < 1.29 is 14.0 Å². The summed E-state index contributed by atoms with van der Waals surface area (Å²) in [6.07, 6.45) is 4.01. The van der Waals surface area contributed by atoms with Crippen LogP contribution in [0.4, 0.5) is 0 Å². The zero-order valence-corrected chi connectivity index (χ0v) is 22.2. The molecule has 2 N–H and O–H groups in total. The van der Waals surface area contributed by atoms with Gasteiger partial charge < -0.3 is 19.5 Å². The first-order chi connectivity index (χ1) is 14.6. The molecule has 0 unspecified atom stereocenters. The average molecular weight is 460 g/mol. The lowest BCUT2D eigenvalue weighted by atomic mass is 9.87. The van der Waals surface area contributed by atoms with Crippen molar-refractivity contribution >= 4 is 14.2 Å². The Hall–Kier alpha value is -2.12. The molecule has 0 saturated carbocycles. The van der Waals surface area contributed by atoms with Crippen molar-refractivity contribution in [1.82, 2.24) is 9.55 Å². The van der Waals surface area contributed by atoms with Gasteiger partial charge >= 0.3 is 0 Å². The molecule has 0 aliphatic rings. The Bertz CT molecular complexity index is 910. The number of ether oxygens (including phenoxy) is 1. The topological polar surface area (TPSA) is 79.4 Å². The smallest absolute Gasteiger partial charge is 0.268 e. The van der Waals surface area contributed by atoms with Gasteiger partial charge in [-0.05, 0) is 48.2 Å². The fraction of sp³-hybridized carbons (Fsp3) is 0.600. The molecule has 2 aromatic rings. The fourth-order valence-corrected chi connectivity index (χ4v) is 4.78. The van der Waals surface area contributed by atoms with Crippen LogP contribution in [0.5, 0.6) is 5.75 Å². The quantitative estimate of drug-likeness (QED) is 0.488. The number of benzene rings is 1. The third-order valence-electron chi connectivity index (χ3n) is 6.45. The van der Waals surface area contributed by atoms with Crippen molar-refractivity contribution in [3.8, 4) is 5.75 Å². The van der Waals surface area contributed by atoms with Gasteiger partial charge in [-0.2, -0.15) is 0 Å². The van der Waals surface area contributed by atoms with E-state index in [0.717, 1.165) is 5.75 Å². The van der Waals surface area contributed by atoms with E-state index in [4.69, 9.17) is 14.9 Å². The minimum Gasteiger partial charge on any atom is -0.494 e. The maximum Gasteiger partial charge on any atom is 0.268 e. The third kappa shape index (κ3) is 6.69. The van der Waals surface area contributed by atoms with Crippen molar-refractivity contribution in [2.75, 3.05) is 6.61 Å². The van der Waals surface area contributed by atoms with Crippen molar-refractivity contribution in [3.63, 3.8) is 0 Å². The molecule has 0 aliphatic carbocycles. The van der Waals surface area contributed by atoms with E-state index >= 15 is 0 Å². The van der Waals surface area contributed by atoms with Gasteiger partial charge in [0.05, 0.1) is 25.1 Å². The lowest BCUT2D eigenvalue weighted by molar-refractivity contribution is 0.0994. The zero-order valence-electron chi connectivity index (χ0n) is 21.2. The number of imidazole rings is 1. The highest BCUT2D eigenvalue weighted by atomic mass is 28.4. The first kappa shape index (κ1) is 26.1. The first-order valence-electron chi connectivity index (χ1n) is 11.4. The Morgan fingerprint density at radius 1 is 1.19 bits per heavy atom. The minimum atomic E-state index is -1.98. The van der Waals surface area contributed by atoms with Gasteiger partial charge in [-0.25, -0.2) is 4.98 Å². The van der Waals surface area contributed by atoms with Crippen LogP contribution >= 0.6 is 0 Å². The molecular weight excluding hydrogens is 418 g/mol. The van der Waals surface area contributed by atoms with Crippen molar-refractivity contribution in [1.29, 1.82) is 0 Å². The SMILES string of the molecule is C[C@H](O[Si](C)(C)C(C)(C)C)[C@@H](CCOc1cccc(C(C)(C)C)c1)n1cnc(C(N)=O)c1. The summed E-state index contributed by atoms with van der Waals surface area (Å²) in [5.74, 6) is 0.327. The van der Waals surface area contributed by atoms with Crippen LogP contribution in [0, 0.1) is 0 Å². The normalized spacial score (nSPS) is 14.8. The van der Waals surface area contributed by atoms with Crippen molar-refractivity contribution in [3.05, 3.63) is 48.0 Å². The van der Waals surface area contributed by atoms with E-state index in [0.29, 0.717) is 13.0 Å². The van der Waals surface area contributed by atoms with Gasteiger partial charge in [0.25, 0.3) is 5.91 Å². The van der Waals surface area contributed by atoms with Crippen LogP contribution in [-0.2, 0) is 9.84 Å². The number of aromatic nitrogens is 2. The molecule has 0 radical (unpaired) electrons. The van der Waals surface area contributed by atoms with Crippen molar-refractivity contribution in [2.45, 2.75) is 90.6 Å². The maximum atomic E-state index is 11.6. The van der Waals surface area contributed by atoms with Crippen LogP contribution in [0.3, 0.4) is 0 Å². The Kier molecular flexibility index (Phi) is 7.99. The molecule has 0 fully saturated rings. The summed E-state index contributed by atoms with van der Waals surface area (Å²) in [4.78, 5) is 15.7. The van der Waals surface area contributed by atoms with Gasteiger partial charge in [-0.1, -0.05) is 53.7 Å². The van der Waals surface area contributed by atoms with Crippen molar-refractivity contribution in [2.24, 2.45) is 5.73 Å². The number of carbonyl (C=O) groups is 1. The Morgan fingerprint density at radius 3 is 2.38 bits per heavy atom. The standard InChI is InChI=1S/C25H41N3O3Si/c1-18(31-32(8,9)25(5,6)7)22(28-16-21(23(26)29)27-17-28)13-14-30-20-12-10-11-19(15-20)24(2,3)4/h10-12,15-18,22H,13-14H2,1-9H3,(H2,26,29)/t18-,22+/m0/s1. The van der Waals surface area contributed by atoms with E-state index in [1.807, 2.05) is 16.7 Å². The van der Waals surface area contributed by atoms with E-state index < -0.39 is 14.2 Å². The molecule has 178 valence electrons. The fourth-order valence-electron chi connectivity index (χ4n) is 3.34. The van der Waals surface area contributed by atoms with Crippen LogP contribution in [-0.4, -0.2) is 36.5 Å². The number of hydrogen-bond acceptors (Lipinski definition) is 4. The number of nitrogens with zero attached hydrogens (tertiary/aromatic N) is 2. The Balaban J connectivity index is 2.19. The average Bonchev–Trinajstić information content (AvgIpc) is 3.13. The van der Waals surface area contributed by atoms with E-state index in [2.05, 4.69) is 78.7 Å². The van der Waals surface area contributed by atoms with E-state index in [1.54, 1.807) is 12.5 Å². The van der Waals surface area contributed by atoms with Gasteiger partial charge in [0.15, 0.2) is 8.32 Å². The highest BCUT2D eigenvalue weighted by Crippen LogP contribution is 2.39. The summed E-state index contributed by atoms with van der Waals surface area (Å²) >= 11 is 0.